The molecule has 0 atom stereocenters. The molecular formula is C11H16N4O. The third kappa shape index (κ3) is 2.93. The summed E-state index contributed by atoms with van der Waals surface area (Å²) in [5, 5.41) is 12.5. The second-order valence-corrected chi connectivity index (χ2v) is 3.81. The van der Waals surface area contributed by atoms with Crippen LogP contribution < -0.4 is 10.6 Å². The Kier molecular flexibility index (Phi) is 3.71. The molecule has 3 N–H and O–H groups in total. The van der Waals surface area contributed by atoms with Crippen molar-refractivity contribution in [3.63, 3.8) is 0 Å². The van der Waals surface area contributed by atoms with Gasteiger partial charge < -0.3 is 10.6 Å². The molecule has 16 heavy (non-hydrogen) atoms. The van der Waals surface area contributed by atoms with Crippen molar-refractivity contribution in [3.05, 3.63) is 29.6 Å². The van der Waals surface area contributed by atoms with Crippen LogP contribution >= 0.6 is 0 Å². The minimum absolute atomic E-state index is 0.0664. The van der Waals surface area contributed by atoms with Gasteiger partial charge in [0.1, 0.15) is 0 Å². The standard InChI is InChI=1S/C11H16N4O/c16-11(10-7-14-15-8-10)13-6-3-9-1-4-12-5-2-9/h1,7-8,12H,2-6H2,(H,13,16)(H,14,15). The molecule has 0 aromatic carbocycles. The maximum absolute atomic E-state index is 11.5. The molecule has 2 heterocycles. The summed E-state index contributed by atoms with van der Waals surface area (Å²) >= 11 is 0. The number of nitrogens with zero attached hydrogens (tertiary/aromatic N) is 1. The highest BCUT2D eigenvalue weighted by molar-refractivity contribution is 5.93. The Morgan fingerprint density at radius 2 is 2.50 bits per heavy atom. The normalized spacial score (nSPS) is 15.6. The van der Waals surface area contributed by atoms with Crippen LogP contribution in [-0.2, 0) is 0 Å². The number of nitrogens with one attached hydrogen (secondary N) is 3. The van der Waals surface area contributed by atoms with Gasteiger partial charge in [-0.3, -0.25) is 9.89 Å². The van der Waals surface area contributed by atoms with Crippen molar-refractivity contribution < 1.29 is 4.79 Å². The fraction of sp³-hybridized carbons (Fsp3) is 0.455. The van der Waals surface area contributed by atoms with Crippen LogP contribution in [0.2, 0.25) is 0 Å². The fourth-order valence-electron chi connectivity index (χ4n) is 1.71. The number of carbonyl (C=O) groups excluding carboxylic acids is 1. The molecule has 0 radical (unpaired) electrons. The number of rotatable bonds is 4. The predicted molar refractivity (Wildman–Crippen MR) is 61.1 cm³/mol. The zero-order valence-electron chi connectivity index (χ0n) is 9.12. The van der Waals surface area contributed by atoms with Crippen LogP contribution in [-0.4, -0.2) is 35.7 Å². The van der Waals surface area contributed by atoms with E-state index in [9.17, 15) is 4.79 Å². The lowest BCUT2D eigenvalue weighted by Crippen LogP contribution is -2.26. The van der Waals surface area contributed by atoms with Gasteiger partial charge in [-0.2, -0.15) is 5.10 Å². The first-order valence-corrected chi connectivity index (χ1v) is 5.52. The van der Waals surface area contributed by atoms with E-state index in [4.69, 9.17) is 0 Å². The summed E-state index contributed by atoms with van der Waals surface area (Å²) in [6.07, 6.45) is 7.35. The molecule has 86 valence electrons. The number of aromatic amines is 1. The van der Waals surface area contributed by atoms with Gasteiger partial charge in [0.05, 0.1) is 11.8 Å². The van der Waals surface area contributed by atoms with Gasteiger partial charge in [-0.25, -0.2) is 0 Å². The van der Waals surface area contributed by atoms with Gasteiger partial charge in [-0.05, 0) is 19.4 Å². The second-order valence-electron chi connectivity index (χ2n) is 3.81. The van der Waals surface area contributed by atoms with Crippen LogP contribution in [0.5, 0.6) is 0 Å². The monoisotopic (exact) mass is 220 g/mol. The van der Waals surface area contributed by atoms with Crippen molar-refractivity contribution in [2.24, 2.45) is 0 Å². The van der Waals surface area contributed by atoms with Crippen LogP contribution in [0.15, 0.2) is 24.0 Å². The first kappa shape index (κ1) is 10.9. The zero-order chi connectivity index (χ0) is 11.2. The first-order chi connectivity index (χ1) is 7.86. The van der Waals surface area contributed by atoms with Gasteiger partial charge in [0, 0.05) is 19.3 Å². The second kappa shape index (κ2) is 5.46. The maximum atomic E-state index is 11.5. The molecular weight excluding hydrogens is 204 g/mol. The molecule has 1 aliphatic rings. The van der Waals surface area contributed by atoms with E-state index in [-0.39, 0.29) is 5.91 Å². The number of aromatic nitrogens is 2. The number of hydrogen-bond donors (Lipinski definition) is 3. The van der Waals surface area contributed by atoms with Crippen molar-refractivity contribution in [1.29, 1.82) is 0 Å². The molecule has 0 aliphatic carbocycles. The molecule has 5 nitrogen and oxygen atoms in total. The number of amides is 1. The number of hydrogen-bond acceptors (Lipinski definition) is 3. The average Bonchev–Trinajstić information content (AvgIpc) is 2.84. The maximum Gasteiger partial charge on any atom is 0.254 e. The SMILES string of the molecule is O=C(NCCC1=CCNCC1)c1cn[nH]c1. The highest BCUT2D eigenvalue weighted by Crippen LogP contribution is 2.07. The van der Waals surface area contributed by atoms with Crippen molar-refractivity contribution in [2.75, 3.05) is 19.6 Å². The Labute approximate surface area is 94.3 Å². The molecule has 0 saturated carbocycles. The minimum atomic E-state index is -0.0664. The van der Waals surface area contributed by atoms with Crippen LogP contribution in [0.1, 0.15) is 23.2 Å². The minimum Gasteiger partial charge on any atom is -0.352 e. The van der Waals surface area contributed by atoms with Crippen LogP contribution in [0.3, 0.4) is 0 Å². The summed E-state index contributed by atoms with van der Waals surface area (Å²) in [6, 6.07) is 0. The Bertz CT molecular complexity index is 369. The van der Waals surface area contributed by atoms with Crippen molar-refractivity contribution >= 4 is 5.91 Å². The Hall–Kier alpha value is -1.62. The van der Waals surface area contributed by atoms with Crippen LogP contribution in [0, 0.1) is 0 Å². The average molecular weight is 220 g/mol. The zero-order valence-corrected chi connectivity index (χ0v) is 9.12. The van der Waals surface area contributed by atoms with Crippen molar-refractivity contribution in [3.8, 4) is 0 Å². The Balaban J connectivity index is 1.72. The summed E-state index contributed by atoms with van der Waals surface area (Å²) < 4.78 is 0. The van der Waals surface area contributed by atoms with E-state index in [1.54, 1.807) is 6.20 Å². The van der Waals surface area contributed by atoms with E-state index in [0.717, 1.165) is 25.9 Å². The van der Waals surface area contributed by atoms with Crippen LogP contribution in [0.4, 0.5) is 0 Å². The highest BCUT2D eigenvalue weighted by atomic mass is 16.1. The van der Waals surface area contributed by atoms with Gasteiger partial charge in [0.15, 0.2) is 0 Å². The van der Waals surface area contributed by atoms with Gasteiger partial charge in [0.2, 0.25) is 0 Å². The van der Waals surface area contributed by atoms with Crippen LogP contribution in [0.25, 0.3) is 0 Å². The van der Waals surface area contributed by atoms with E-state index in [0.29, 0.717) is 12.1 Å². The third-order valence-electron chi connectivity index (χ3n) is 2.65. The molecule has 1 aromatic heterocycles. The molecule has 2 rings (SSSR count). The van der Waals surface area contributed by atoms with Gasteiger partial charge in [-0.15, -0.1) is 0 Å². The Morgan fingerprint density at radius 3 is 3.19 bits per heavy atom. The molecule has 0 unspecified atom stereocenters. The molecule has 1 aromatic rings. The molecule has 0 spiro atoms. The molecule has 1 aliphatic heterocycles. The molecule has 1 amide bonds. The summed E-state index contributed by atoms with van der Waals surface area (Å²) in [6.45, 7) is 2.68. The van der Waals surface area contributed by atoms with E-state index < -0.39 is 0 Å². The number of carbonyl (C=O) groups is 1. The number of H-pyrrole nitrogens is 1. The first-order valence-electron chi connectivity index (χ1n) is 5.52. The molecule has 0 bridgehead atoms. The topological polar surface area (TPSA) is 69.8 Å². The quantitative estimate of drug-likeness (QED) is 0.645. The highest BCUT2D eigenvalue weighted by Gasteiger charge is 2.06. The fourth-order valence-corrected chi connectivity index (χ4v) is 1.71. The van der Waals surface area contributed by atoms with Crippen molar-refractivity contribution in [2.45, 2.75) is 12.8 Å². The smallest absolute Gasteiger partial charge is 0.254 e. The summed E-state index contributed by atoms with van der Waals surface area (Å²) in [4.78, 5) is 11.5. The van der Waals surface area contributed by atoms with E-state index in [2.05, 4.69) is 26.9 Å². The molecule has 0 saturated heterocycles. The summed E-state index contributed by atoms with van der Waals surface area (Å²) in [5.74, 6) is -0.0664. The van der Waals surface area contributed by atoms with Gasteiger partial charge >= 0.3 is 0 Å². The lowest BCUT2D eigenvalue weighted by Gasteiger charge is -2.13. The van der Waals surface area contributed by atoms with E-state index >= 15 is 0 Å². The summed E-state index contributed by atoms with van der Waals surface area (Å²) in [5.41, 5.74) is 2.01. The van der Waals surface area contributed by atoms with Gasteiger partial charge in [-0.1, -0.05) is 11.6 Å². The van der Waals surface area contributed by atoms with E-state index in [1.807, 2.05) is 0 Å². The molecule has 0 fully saturated rings. The lowest BCUT2D eigenvalue weighted by molar-refractivity contribution is 0.0954. The largest absolute Gasteiger partial charge is 0.352 e. The Morgan fingerprint density at radius 1 is 1.56 bits per heavy atom. The van der Waals surface area contributed by atoms with E-state index in [1.165, 1.54) is 11.8 Å². The third-order valence-corrected chi connectivity index (χ3v) is 2.65. The summed E-state index contributed by atoms with van der Waals surface area (Å²) in [7, 11) is 0. The lowest BCUT2D eigenvalue weighted by atomic mass is 10.1. The molecule has 5 heteroatoms. The predicted octanol–water partition coefficient (Wildman–Crippen LogP) is 0.449. The van der Waals surface area contributed by atoms with Gasteiger partial charge in [0.25, 0.3) is 5.91 Å². The van der Waals surface area contributed by atoms with Crippen molar-refractivity contribution in [1.82, 2.24) is 20.8 Å².